The van der Waals surface area contributed by atoms with Gasteiger partial charge in [0.1, 0.15) is 5.82 Å². The van der Waals surface area contributed by atoms with Gasteiger partial charge in [0.2, 0.25) is 11.8 Å². The van der Waals surface area contributed by atoms with E-state index in [1.54, 1.807) is 6.20 Å². The van der Waals surface area contributed by atoms with Crippen molar-refractivity contribution in [3.8, 4) is 0 Å². The van der Waals surface area contributed by atoms with E-state index in [0.29, 0.717) is 32.1 Å². The van der Waals surface area contributed by atoms with Crippen LogP contribution >= 0.6 is 0 Å². The lowest BCUT2D eigenvalue weighted by Crippen LogP contribution is -2.39. The van der Waals surface area contributed by atoms with Gasteiger partial charge in [0.05, 0.1) is 12.5 Å². The van der Waals surface area contributed by atoms with Crippen LogP contribution in [0.3, 0.4) is 0 Å². The number of imidazole rings is 1. The number of rotatable bonds is 6. The van der Waals surface area contributed by atoms with E-state index in [0.717, 1.165) is 24.2 Å². The molecule has 0 unspecified atom stereocenters. The molecule has 6 heteroatoms. The second kappa shape index (κ2) is 7.18. The van der Waals surface area contributed by atoms with Crippen LogP contribution < -0.4 is 0 Å². The second-order valence-electron chi connectivity index (χ2n) is 7.81. The number of carbonyl (C=O) groups is 2. The SMILES string of the molecule is Cc1ccc(CN2C[C@@H](C(=O)N(Cc3nccn3C)C3CC3)CC2=O)cc1. The molecule has 2 aliphatic rings. The van der Waals surface area contributed by atoms with Gasteiger partial charge < -0.3 is 14.4 Å². The lowest BCUT2D eigenvalue weighted by atomic mass is 10.1. The summed E-state index contributed by atoms with van der Waals surface area (Å²) in [5, 5.41) is 0. The zero-order valence-corrected chi connectivity index (χ0v) is 16.0. The second-order valence-corrected chi connectivity index (χ2v) is 7.81. The molecule has 6 nitrogen and oxygen atoms in total. The average Bonchev–Trinajstić information content (AvgIpc) is 3.32. The third kappa shape index (κ3) is 3.89. The van der Waals surface area contributed by atoms with E-state index in [1.165, 1.54) is 5.56 Å². The summed E-state index contributed by atoms with van der Waals surface area (Å²) in [7, 11) is 1.94. The predicted molar refractivity (Wildman–Crippen MR) is 101 cm³/mol. The van der Waals surface area contributed by atoms with E-state index in [2.05, 4.69) is 29.2 Å². The Hall–Kier alpha value is -2.63. The molecule has 0 radical (unpaired) electrons. The number of hydrogen-bond acceptors (Lipinski definition) is 3. The molecule has 4 rings (SSSR count). The standard InChI is InChI=1S/C21H26N4O2/c1-15-3-5-16(6-4-15)12-24-13-17(11-20(24)26)21(27)25(18-7-8-18)14-19-22-9-10-23(19)2/h3-6,9-10,17-18H,7-8,11-14H2,1-2H3/t17-/m0/s1. The molecule has 1 saturated carbocycles. The van der Waals surface area contributed by atoms with E-state index in [9.17, 15) is 9.59 Å². The first-order valence-corrected chi connectivity index (χ1v) is 9.61. The number of carbonyl (C=O) groups excluding carboxylic acids is 2. The van der Waals surface area contributed by atoms with Gasteiger partial charge in [-0.1, -0.05) is 29.8 Å². The maximum absolute atomic E-state index is 13.2. The van der Waals surface area contributed by atoms with Gasteiger partial charge in [-0.05, 0) is 25.3 Å². The molecule has 142 valence electrons. The number of amides is 2. The fourth-order valence-corrected chi connectivity index (χ4v) is 3.71. The molecule has 2 aromatic rings. The third-order valence-electron chi connectivity index (χ3n) is 5.56. The number of nitrogens with zero attached hydrogens (tertiary/aromatic N) is 4. The van der Waals surface area contributed by atoms with Crippen LogP contribution in [0.2, 0.25) is 0 Å². The fraction of sp³-hybridized carbons (Fsp3) is 0.476. The highest BCUT2D eigenvalue weighted by Crippen LogP contribution is 2.32. The number of aryl methyl sites for hydroxylation is 2. The Morgan fingerprint density at radius 2 is 2.00 bits per heavy atom. The van der Waals surface area contributed by atoms with Crippen LogP contribution in [0.15, 0.2) is 36.7 Å². The molecular weight excluding hydrogens is 340 g/mol. The van der Waals surface area contributed by atoms with E-state index in [1.807, 2.05) is 34.5 Å². The number of hydrogen-bond donors (Lipinski definition) is 0. The lowest BCUT2D eigenvalue weighted by Gasteiger charge is -2.25. The Morgan fingerprint density at radius 1 is 1.26 bits per heavy atom. The smallest absolute Gasteiger partial charge is 0.228 e. The summed E-state index contributed by atoms with van der Waals surface area (Å²) in [5.74, 6) is 0.807. The largest absolute Gasteiger partial charge is 0.338 e. The minimum Gasteiger partial charge on any atom is -0.338 e. The monoisotopic (exact) mass is 366 g/mol. The molecule has 27 heavy (non-hydrogen) atoms. The topological polar surface area (TPSA) is 58.4 Å². The van der Waals surface area contributed by atoms with Crippen LogP contribution in [-0.4, -0.2) is 43.8 Å². The van der Waals surface area contributed by atoms with E-state index in [-0.39, 0.29) is 17.7 Å². The molecule has 0 N–H and O–H groups in total. The molecule has 2 heterocycles. The van der Waals surface area contributed by atoms with Crippen LogP contribution in [0, 0.1) is 12.8 Å². The highest BCUT2D eigenvalue weighted by Gasteiger charge is 2.41. The summed E-state index contributed by atoms with van der Waals surface area (Å²) in [4.78, 5) is 33.8. The van der Waals surface area contributed by atoms with Gasteiger partial charge in [-0.25, -0.2) is 4.98 Å². The first-order chi connectivity index (χ1) is 13.0. The molecule has 1 aromatic heterocycles. The van der Waals surface area contributed by atoms with Crippen molar-refractivity contribution in [1.82, 2.24) is 19.4 Å². The molecule has 1 atom stereocenters. The Morgan fingerprint density at radius 3 is 2.63 bits per heavy atom. The van der Waals surface area contributed by atoms with Crippen molar-refractivity contribution in [2.24, 2.45) is 13.0 Å². The Balaban J connectivity index is 1.43. The molecule has 0 bridgehead atoms. The summed E-state index contributed by atoms with van der Waals surface area (Å²) in [6.45, 7) is 3.66. The molecule has 2 fully saturated rings. The molecule has 2 amide bonds. The maximum atomic E-state index is 13.2. The molecule has 1 aliphatic carbocycles. The van der Waals surface area contributed by atoms with Crippen molar-refractivity contribution < 1.29 is 9.59 Å². The van der Waals surface area contributed by atoms with Gasteiger partial charge in [0.15, 0.2) is 0 Å². The van der Waals surface area contributed by atoms with Gasteiger partial charge >= 0.3 is 0 Å². The van der Waals surface area contributed by atoms with E-state index >= 15 is 0 Å². The van der Waals surface area contributed by atoms with Crippen LogP contribution in [-0.2, 0) is 29.7 Å². The van der Waals surface area contributed by atoms with Crippen LogP contribution in [0.25, 0.3) is 0 Å². The summed E-state index contributed by atoms with van der Waals surface area (Å²) < 4.78 is 1.95. The first-order valence-electron chi connectivity index (χ1n) is 9.61. The Kier molecular flexibility index (Phi) is 4.72. The maximum Gasteiger partial charge on any atom is 0.228 e. The predicted octanol–water partition coefficient (Wildman–Crippen LogP) is 2.27. The van der Waals surface area contributed by atoms with Gasteiger partial charge in [0, 0.05) is 45.0 Å². The van der Waals surface area contributed by atoms with Gasteiger partial charge in [-0.3, -0.25) is 9.59 Å². The number of aromatic nitrogens is 2. The average molecular weight is 366 g/mol. The highest BCUT2D eigenvalue weighted by atomic mass is 16.2. The highest BCUT2D eigenvalue weighted by molar-refractivity contribution is 5.89. The normalized spacial score (nSPS) is 19.6. The Labute approximate surface area is 159 Å². The van der Waals surface area contributed by atoms with Crippen molar-refractivity contribution in [3.05, 3.63) is 53.6 Å². The molecule has 1 aliphatic heterocycles. The summed E-state index contributed by atoms with van der Waals surface area (Å²) in [5.41, 5.74) is 2.31. The van der Waals surface area contributed by atoms with Crippen LogP contribution in [0.4, 0.5) is 0 Å². The van der Waals surface area contributed by atoms with Gasteiger partial charge in [0.25, 0.3) is 0 Å². The minimum atomic E-state index is -0.246. The van der Waals surface area contributed by atoms with Gasteiger partial charge in [-0.2, -0.15) is 0 Å². The summed E-state index contributed by atoms with van der Waals surface area (Å²) >= 11 is 0. The van der Waals surface area contributed by atoms with Crippen molar-refractivity contribution in [2.45, 2.75) is 45.3 Å². The van der Waals surface area contributed by atoms with Crippen LogP contribution in [0.1, 0.15) is 36.2 Å². The summed E-state index contributed by atoms with van der Waals surface area (Å²) in [6, 6.07) is 8.51. The van der Waals surface area contributed by atoms with Crippen LogP contribution in [0.5, 0.6) is 0 Å². The Bertz CT molecular complexity index is 838. The molecule has 1 aromatic carbocycles. The van der Waals surface area contributed by atoms with Crippen molar-refractivity contribution in [3.63, 3.8) is 0 Å². The molecule has 1 saturated heterocycles. The van der Waals surface area contributed by atoms with Crippen molar-refractivity contribution >= 4 is 11.8 Å². The minimum absolute atomic E-state index is 0.0710. The van der Waals surface area contributed by atoms with E-state index < -0.39 is 0 Å². The van der Waals surface area contributed by atoms with Crippen molar-refractivity contribution in [1.29, 1.82) is 0 Å². The zero-order chi connectivity index (χ0) is 19.0. The zero-order valence-electron chi connectivity index (χ0n) is 16.0. The fourth-order valence-electron chi connectivity index (χ4n) is 3.71. The molecular formula is C21H26N4O2. The quantitative estimate of drug-likeness (QED) is 0.788. The van der Waals surface area contributed by atoms with Gasteiger partial charge in [-0.15, -0.1) is 0 Å². The lowest BCUT2D eigenvalue weighted by molar-refractivity contribution is -0.137. The number of benzene rings is 1. The molecule has 0 spiro atoms. The van der Waals surface area contributed by atoms with E-state index in [4.69, 9.17) is 0 Å². The first kappa shape index (κ1) is 17.8. The third-order valence-corrected chi connectivity index (χ3v) is 5.56. The number of likely N-dealkylation sites (tertiary alicyclic amines) is 1. The summed E-state index contributed by atoms with van der Waals surface area (Å²) in [6.07, 6.45) is 6.06. The van der Waals surface area contributed by atoms with Crippen molar-refractivity contribution in [2.75, 3.05) is 6.54 Å².